The lowest BCUT2D eigenvalue weighted by Gasteiger charge is -2.22. The summed E-state index contributed by atoms with van der Waals surface area (Å²) in [5, 5.41) is 12.9. The van der Waals surface area contributed by atoms with Gasteiger partial charge in [-0.05, 0) is 122 Å². The lowest BCUT2D eigenvalue weighted by Crippen LogP contribution is -2.15. The minimum atomic E-state index is -0.0689. The highest BCUT2D eigenvalue weighted by atomic mass is 14.4. The van der Waals surface area contributed by atoms with Crippen LogP contribution >= 0.6 is 0 Å². The van der Waals surface area contributed by atoms with Crippen molar-refractivity contribution < 1.29 is 0 Å². The van der Waals surface area contributed by atoms with E-state index in [0.717, 1.165) is 0 Å². The van der Waals surface area contributed by atoms with Crippen LogP contribution in [0.25, 0.3) is 98.4 Å². The third-order valence-corrected chi connectivity index (χ3v) is 12.0. The molecule has 0 atom stereocenters. The van der Waals surface area contributed by atoms with E-state index in [1.807, 2.05) is 0 Å². The van der Waals surface area contributed by atoms with Gasteiger partial charge in [-0.2, -0.15) is 0 Å². The largest absolute Gasteiger partial charge is 0.0616 e. The van der Waals surface area contributed by atoms with E-state index in [4.69, 9.17) is 0 Å². The Morgan fingerprint density at radius 3 is 1.47 bits per heavy atom. The summed E-state index contributed by atoms with van der Waals surface area (Å²) in [5.41, 5.74) is 13.1. The Labute approximate surface area is 309 Å². The van der Waals surface area contributed by atoms with Gasteiger partial charge in [0.1, 0.15) is 0 Å². The maximum absolute atomic E-state index is 2.44. The highest BCUT2D eigenvalue weighted by Crippen LogP contribution is 2.52. The molecule has 0 N–H and O–H groups in total. The predicted octanol–water partition coefficient (Wildman–Crippen LogP) is 14.8. The van der Waals surface area contributed by atoms with Crippen molar-refractivity contribution >= 4 is 53.9 Å². The van der Waals surface area contributed by atoms with E-state index >= 15 is 0 Å². The number of benzene rings is 10. The lowest BCUT2D eigenvalue weighted by atomic mass is 9.81. The summed E-state index contributed by atoms with van der Waals surface area (Å²) in [6, 6.07) is 67.9. The average molecular weight is 673 g/mol. The molecule has 0 saturated heterocycles. The van der Waals surface area contributed by atoms with Crippen molar-refractivity contribution in [3.8, 4) is 44.5 Å². The Bertz CT molecular complexity index is 3060. The first-order valence-corrected chi connectivity index (χ1v) is 18.7. The van der Waals surface area contributed by atoms with Crippen LogP contribution in [0.4, 0.5) is 0 Å². The van der Waals surface area contributed by atoms with Crippen LogP contribution in [0.1, 0.15) is 25.0 Å². The first-order chi connectivity index (χ1) is 26.1. The molecule has 10 aromatic carbocycles. The molecule has 0 nitrogen and oxygen atoms in total. The quantitative estimate of drug-likeness (QED) is 0.129. The van der Waals surface area contributed by atoms with Crippen LogP contribution in [0, 0.1) is 0 Å². The van der Waals surface area contributed by atoms with Gasteiger partial charge in [-0.1, -0.05) is 184 Å². The van der Waals surface area contributed by atoms with E-state index in [9.17, 15) is 0 Å². The Kier molecular flexibility index (Phi) is 6.40. The smallest absolute Gasteiger partial charge is 0.0159 e. The standard InChI is InChI=1S/C53H36/c1-53(2)48-30-28-34-13-3-6-16-39(34)52(48)46-29-27-36(32-49(46)53)33-23-25-35(26-24-33)50-42-19-9-11-21-44(42)51(45-22-12-10-20-43(45)50)47-31-37-14-4-5-15-38(37)40-17-7-8-18-41(40)47/h3-32H,1-2H3. The molecule has 0 aromatic heterocycles. The number of rotatable bonds is 3. The topological polar surface area (TPSA) is 0 Å². The maximum Gasteiger partial charge on any atom is 0.0159 e. The van der Waals surface area contributed by atoms with Crippen molar-refractivity contribution in [2.75, 3.05) is 0 Å². The van der Waals surface area contributed by atoms with Gasteiger partial charge in [0.05, 0.1) is 0 Å². The fourth-order valence-electron chi connectivity index (χ4n) is 9.51. The molecule has 11 rings (SSSR count). The molecule has 0 spiro atoms. The Morgan fingerprint density at radius 2 is 0.792 bits per heavy atom. The Balaban J connectivity index is 1.08. The highest BCUT2D eigenvalue weighted by molar-refractivity contribution is 6.25. The maximum atomic E-state index is 2.44. The molecule has 0 amide bonds. The predicted molar refractivity (Wildman–Crippen MR) is 228 cm³/mol. The molecule has 0 aliphatic heterocycles. The minimum Gasteiger partial charge on any atom is -0.0616 e. The van der Waals surface area contributed by atoms with E-state index in [1.165, 1.54) is 109 Å². The van der Waals surface area contributed by atoms with Crippen LogP contribution in [0.3, 0.4) is 0 Å². The molecule has 248 valence electrons. The highest BCUT2D eigenvalue weighted by Gasteiger charge is 2.36. The molecule has 1 aliphatic rings. The fourth-order valence-corrected chi connectivity index (χ4v) is 9.51. The summed E-state index contributed by atoms with van der Waals surface area (Å²) in [4.78, 5) is 0. The van der Waals surface area contributed by atoms with Crippen LogP contribution in [-0.4, -0.2) is 0 Å². The molecule has 0 heterocycles. The number of hydrogen-bond acceptors (Lipinski definition) is 0. The molecule has 53 heavy (non-hydrogen) atoms. The molecule has 0 bridgehead atoms. The average Bonchev–Trinajstić information content (AvgIpc) is 3.45. The fraction of sp³-hybridized carbons (Fsp3) is 0.0566. The van der Waals surface area contributed by atoms with Gasteiger partial charge in [-0.15, -0.1) is 0 Å². The van der Waals surface area contributed by atoms with Crippen molar-refractivity contribution in [1.29, 1.82) is 0 Å². The van der Waals surface area contributed by atoms with Gasteiger partial charge < -0.3 is 0 Å². The minimum absolute atomic E-state index is 0.0689. The zero-order valence-electron chi connectivity index (χ0n) is 29.8. The van der Waals surface area contributed by atoms with Crippen LogP contribution in [-0.2, 0) is 5.41 Å². The normalized spacial score (nSPS) is 13.2. The molecular formula is C53H36. The summed E-state index contributed by atoms with van der Waals surface area (Å²) in [6.07, 6.45) is 0. The lowest BCUT2D eigenvalue weighted by molar-refractivity contribution is 0.661. The van der Waals surface area contributed by atoms with Crippen LogP contribution in [0.2, 0.25) is 0 Å². The van der Waals surface area contributed by atoms with Crippen LogP contribution < -0.4 is 0 Å². The van der Waals surface area contributed by atoms with Gasteiger partial charge in [0.15, 0.2) is 0 Å². The van der Waals surface area contributed by atoms with Gasteiger partial charge in [0.2, 0.25) is 0 Å². The van der Waals surface area contributed by atoms with Gasteiger partial charge in [-0.25, -0.2) is 0 Å². The van der Waals surface area contributed by atoms with Crippen molar-refractivity contribution in [3.63, 3.8) is 0 Å². The van der Waals surface area contributed by atoms with Crippen molar-refractivity contribution in [2.45, 2.75) is 19.3 Å². The third-order valence-electron chi connectivity index (χ3n) is 12.0. The molecule has 0 unspecified atom stereocenters. The van der Waals surface area contributed by atoms with Crippen molar-refractivity contribution in [3.05, 3.63) is 193 Å². The van der Waals surface area contributed by atoms with E-state index < -0.39 is 0 Å². The first-order valence-electron chi connectivity index (χ1n) is 18.7. The van der Waals surface area contributed by atoms with Gasteiger partial charge >= 0.3 is 0 Å². The molecule has 0 fully saturated rings. The zero-order valence-corrected chi connectivity index (χ0v) is 29.8. The van der Waals surface area contributed by atoms with Gasteiger partial charge in [0.25, 0.3) is 0 Å². The van der Waals surface area contributed by atoms with Crippen molar-refractivity contribution in [2.24, 2.45) is 0 Å². The molecule has 0 heteroatoms. The Morgan fingerprint density at radius 1 is 0.283 bits per heavy atom. The van der Waals surface area contributed by atoms with E-state index in [2.05, 4.69) is 196 Å². The third kappa shape index (κ3) is 4.36. The second-order valence-electron chi connectivity index (χ2n) is 15.2. The first kappa shape index (κ1) is 30.2. The Hall–Kier alpha value is -6.50. The molecule has 0 radical (unpaired) electrons. The number of fused-ring (bicyclic) bond motifs is 10. The van der Waals surface area contributed by atoms with Gasteiger partial charge in [0, 0.05) is 5.41 Å². The van der Waals surface area contributed by atoms with Gasteiger partial charge in [-0.3, -0.25) is 0 Å². The summed E-state index contributed by atoms with van der Waals surface area (Å²) in [6.45, 7) is 4.75. The summed E-state index contributed by atoms with van der Waals surface area (Å²) in [7, 11) is 0. The molecule has 10 aromatic rings. The second-order valence-corrected chi connectivity index (χ2v) is 15.2. The monoisotopic (exact) mass is 672 g/mol. The molecule has 1 aliphatic carbocycles. The molecule has 0 saturated carbocycles. The van der Waals surface area contributed by atoms with E-state index in [-0.39, 0.29) is 5.41 Å². The SMILES string of the molecule is CC1(C)c2cc(-c3ccc(-c4c5ccccc5c(-c5cc6ccccc6c6ccccc56)c5ccccc45)cc3)ccc2-c2c1ccc1ccccc21. The van der Waals surface area contributed by atoms with Crippen LogP contribution in [0.5, 0.6) is 0 Å². The van der Waals surface area contributed by atoms with E-state index in [0.29, 0.717) is 0 Å². The van der Waals surface area contributed by atoms with Crippen molar-refractivity contribution in [1.82, 2.24) is 0 Å². The van der Waals surface area contributed by atoms with E-state index in [1.54, 1.807) is 0 Å². The summed E-state index contributed by atoms with van der Waals surface area (Å²) >= 11 is 0. The molecular weight excluding hydrogens is 637 g/mol. The van der Waals surface area contributed by atoms with Crippen LogP contribution in [0.15, 0.2) is 182 Å². The second kappa shape index (κ2) is 11.2. The zero-order chi connectivity index (χ0) is 35.3. The summed E-state index contributed by atoms with van der Waals surface area (Å²) in [5.74, 6) is 0. The number of hydrogen-bond donors (Lipinski definition) is 0. The summed E-state index contributed by atoms with van der Waals surface area (Å²) < 4.78 is 0.